The van der Waals surface area contributed by atoms with Crippen molar-refractivity contribution in [3.8, 4) is 11.3 Å². The largest absolute Gasteiger partial charge is 0.328 e. The van der Waals surface area contributed by atoms with Crippen molar-refractivity contribution in [1.29, 1.82) is 0 Å². The van der Waals surface area contributed by atoms with Crippen LogP contribution in [-0.2, 0) is 17.9 Å². The van der Waals surface area contributed by atoms with E-state index in [2.05, 4.69) is 61.8 Å². The van der Waals surface area contributed by atoms with E-state index in [0.29, 0.717) is 17.4 Å². The normalized spacial score (nSPS) is 12.3. The number of aryl methyl sites for hydroxylation is 1. The van der Waals surface area contributed by atoms with Gasteiger partial charge in [-0.15, -0.1) is 0 Å². The van der Waals surface area contributed by atoms with Gasteiger partial charge in [-0.3, -0.25) is 18.8 Å². The molecule has 5 aromatic rings. The van der Waals surface area contributed by atoms with E-state index in [1.165, 1.54) is 28.3 Å². The van der Waals surface area contributed by atoms with E-state index < -0.39 is 17.5 Å². The number of hydrogen-bond donors (Lipinski definition) is 2. The van der Waals surface area contributed by atoms with Gasteiger partial charge in [-0.05, 0) is 49.1 Å². The minimum atomic E-state index is -1.11. The molecule has 2 N–H and O–H groups in total. The molecule has 0 saturated heterocycles. The number of amides is 1. The zero-order valence-corrected chi connectivity index (χ0v) is 24.8. The van der Waals surface area contributed by atoms with E-state index in [9.17, 15) is 13.6 Å². The van der Waals surface area contributed by atoms with E-state index >= 15 is 0 Å². The molecule has 220 valence electrons. The summed E-state index contributed by atoms with van der Waals surface area (Å²) in [6.07, 6.45) is 8.07. The zero-order valence-electron chi connectivity index (χ0n) is 23.9. The molecule has 1 aromatic carbocycles. The maximum Gasteiger partial charge on any atom is 0.246 e. The molecule has 13 heteroatoms. The van der Waals surface area contributed by atoms with Gasteiger partial charge in [0.15, 0.2) is 23.1 Å². The lowest BCUT2D eigenvalue weighted by molar-refractivity contribution is -0.116. The van der Waals surface area contributed by atoms with Crippen molar-refractivity contribution in [2.75, 3.05) is 23.7 Å². The van der Waals surface area contributed by atoms with E-state index in [1.807, 2.05) is 17.5 Å². The number of rotatable bonds is 12. The van der Waals surface area contributed by atoms with E-state index in [0.717, 1.165) is 59.8 Å². The Morgan fingerprint density at radius 2 is 2.02 bits per heavy atom. The summed E-state index contributed by atoms with van der Waals surface area (Å²) in [7, 11) is 0. The maximum atomic E-state index is 13.9. The third-order valence-electron chi connectivity index (χ3n) is 6.97. The monoisotopic (exact) mass is 593 g/mol. The highest BCUT2D eigenvalue weighted by Crippen LogP contribution is 2.28. The van der Waals surface area contributed by atoms with Gasteiger partial charge in [0.05, 0.1) is 35.2 Å². The Balaban J connectivity index is 1.30. The highest BCUT2D eigenvalue weighted by atomic mass is 32.1. The zero-order chi connectivity index (χ0) is 29.8. The summed E-state index contributed by atoms with van der Waals surface area (Å²) in [4.78, 5) is 24.1. The number of nitrogens with zero attached hydrogens (tertiary/aromatic N) is 7. The second-order valence-electron chi connectivity index (χ2n) is 10.3. The Morgan fingerprint density at radius 3 is 2.81 bits per heavy atom. The lowest BCUT2D eigenvalue weighted by Gasteiger charge is -2.22. The summed E-state index contributed by atoms with van der Waals surface area (Å²) in [5.74, 6) is -1.44. The van der Waals surface area contributed by atoms with Crippen molar-refractivity contribution in [3.63, 3.8) is 0 Å². The van der Waals surface area contributed by atoms with E-state index in [4.69, 9.17) is 0 Å². The summed E-state index contributed by atoms with van der Waals surface area (Å²) >= 11 is 1.39. The van der Waals surface area contributed by atoms with Crippen LogP contribution in [0.15, 0.2) is 49.1 Å². The third kappa shape index (κ3) is 6.63. The Morgan fingerprint density at radius 1 is 1.19 bits per heavy atom. The van der Waals surface area contributed by atoms with Gasteiger partial charge in [-0.25, -0.2) is 18.7 Å². The van der Waals surface area contributed by atoms with Gasteiger partial charge in [0.2, 0.25) is 5.91 Å². The summed E-state index contributed by atoms with van der Waals surface area (Å²) in [6, 6.07) is 5.67. The highest BCUT2D eigenvalue weighted by Gasteiger charge is 2.17. The average molecular weight is 594 g/mol. The SMILES string of the molecule is CCC(C)CN(CC)Cc1cc(Nc2nc(C)cn3c(-c4cnn(CC(=O)Nc5cccc(F)c5F)c4)cnc23)sn1. The minimum Gasteiger partial charge on any atom is -0.328 e. The minimum absolute atomic E-state index is 0.180. The summed E-state index contributed by atoms with van der Waals surface area (Å²) < 4.78 is 35.4. The summed E-state index contributed by atoms with van der Waals surface area (Å²) in [5.41, 5.74) is 3.68. The number of nitrogens with one attached hydrogen (secondary N) is 2. The summed E-state index contributed by atoms with van der Waals surface area (Å²) in [5, 5.41) is 10.9. The van der Waals surface area contributed by atoms with Crippen molar-refractivity contribution in [1.82, 2.24) is 33.4 Å². The number of halogens is 2. The molecule has 5 rings (SSSR count). The molecule has 0 aliphatic heterocycles. The number of benzene rings is 1. The van der Waals surface area contributed by atoms with Crippen LogP contribution < -0.4 is 10.6 Å². The Labute approximate surface area is 246 Å². The van der Waals surface area contributed by atoms with Crippen molar-refractivity contribution < 1.29 is 13.6 Å². The predicted molar refractivity (Wildman–Crippen MR) is 160 cm³/mol. The molecule has 1 amide bonds. The van der Waals surface area contributed by atoms with Crippen molar-refractivity contribution in [3.05, 3.63) is 72.1 Å². The Hall–Kier alpha value is -4.23. The standard InChI is InChI=1S/C29H33F2N9OS/c1-5-18(3)13-38(6-2)16-21-10-26(42-37-21)36-28-29-32-12-24(40(29)14-19(4)34-28)20-11-33-39(15-20)17-25(41)35-23-9-7-8-22(30)27(23)31/h7-12,14-15,18H,5-6,13,16-17H2,1-4H3,(H,34,36)(H,35,41). The van der Waals surface area contributed by atoms with Crippen LogP contribution in [0.4, 0.5) is 25.3 Å². The molecular formula is C29H33F2N9OS. The fourth-order valence-electron chi connectivity index (χ4n) is 4.59. The molecule has 0 radical (unpaired) electrons. The third-order valence-corrected chi connectivity index (χ3v) is 7.72. The smallest absolute Gasteiger partial charge is 0.246 e. The number of hydrogen-bond acceptors (Lipinski definition) is 8. The van der Waals surface area contributed by atoms with Gasteiger partial charge in [0.25, 0.3) is 0 Å². The molecule has 0 bridgehead atoms. The molecule has 0 aliphatic rings. The second kappa shape index (κ2) is 12.7. The van der Waals surface area contributed by atoms with Crippen LogP contribution in [0.2, 0.25) is 0 Å². The fraction of sp³-hybridized carbons (Fsp3) is 0.345. The van der Waals surface area contributed by atoms with Crippen LogP contribution in [0.1, 0.15) is 38.6 Å². The molecule has 0 fully saturated rings. The lowest BCUT2D eigenvalue weighted by Crippen LogP contribution is -2.27. The first-order valence-electron chi connectivity index (χ1n) is 13.8. The predicted octanol–water partition coefficient (Wildman–Crippen LogP) is 5.89. The van der Waals surface area contributed by atoms with Crippen LogP contribution >= 0.6 is 11.5 Å². The number of anilines is 3. The molecule has 1 atom stereocenters. The lowest BCUT2D eigenvalue weighted by atomic mass is 10.1. The molecular weight excluding hydrogens is 560 g/mol. The number of fused-ring (bicyclic) bond motifs is 1. The maximum absolute atomic E-state index is 13.9. The van der Waals surface area contributed by atoms with E-state index in [-0.39, 0.29) is 12.2 Å². The number of imidazole rings is 1. The van der Waals surface area contributed by atoms with Crippen LogP contribution in [0, 0.1) is 24.5 Å². The first-order valence-corrected chi connectivity index (χ1v) is 14.6. The molecule has 4 heterocycles. The van der Waals surface area contributed by atoms with Crippen LogP contribution in [-0.4, -0.2) is 52.4 Å². The van der Waals surface area contributed by atoms with Crippen molar-refractivity contribution in [2.24, 2.45) is 5.92 Å². The van der Waals surface area contributed by atoms with Crippen LogP contribution in [0.5, 0.6) is 0 Å². The molecule has 0 saturated carbocycles. The highest BCUT2D eigenvalue weighted by molar-refractivity contribution is 7.10. The van der Waals surface area contributed by atoms with Gasteiger partial charge in [-0.1, -0.05) is 33.3 Å². The first kappa shape index (κ1) is 29.3. The topological polar surface area (TPSA) is 105 Å². The van der Waals surface area contributed by atoms with Gasteiger partial charge in [0.1, 0.15) is 11.5 Å². The molecule has 10 nitrogen and oxygen atoms in total. The Kier molecular flexibility index (Phi) is 8.88. The molecule has 0 aliphatic carbocycles. The number of aromatic nitrogens is 6. The van der Waals surface area contributed by atoms with Crippen molar-refractivity contribution in [2.45, 2.75) is 47.2 Å². The molecule has 42 heavy (non-hydrogen) atoms. The van der Waals surface area contributed by atoms with Gasteiger partial charge >= 0.3 is 0 Å². The molecule has 4 aromatic heterocycles. The van der Waals surface area contributed by atoms with Gasteiger partial charge < -0.3 is 10.6 Å². The first-order chi connectivity index (χ1) is 20.2. The van der Waals surface area contributed by atoms with Gasteiger partial charge in [-0.2, -0.15) is 9.47 Å². The number of carbonyl (C=O) groups is 1. The summed E-state index contributed by atoms with van der Waals surface area (Å²) in [6.45, 7) is 11.2. The fourth-order valence-corrected chi connectivity index (χ4v) is 5.25. The Bertz CT molecular complexity index is 1700. The quantitative estimate of drug-likeness (QED) is 0.186. The second-order valence-corrected chi connectivity index (χ2v) is 11.1. The van der Waals surface area contributed by atoms with Crippen molar-refractivity contribution >= 4 is 39.6 Å². The van der Waals surface area contributed by atoms with Crippen LogP contribution in [0.25, 0.3) is 16.9 Å². The van der Waals surface area contributed by atoms with Gasteiger partial charge in [0, 0.05) is 31.0 Å². The average Bonchev–Trinajstić information content (AvgIpc) is 3.71. The number of carbonyl (C=O) groups excluding carboxylic acids is 1. The van der Waals surface area contributed by atoms with Crippen LogP contribution in [0.3, 0.4) is 0 Å². The molecule has 0 spiro atoms. The van der Waals surface area contributed by atoms with E-state index in [1.54, 1.807) is 18.6 Å². The molecule has 1 unspecified atom stereocenters.